The first-order valence-corrected chi connectivity index (χ1v) is 29.7. The molecule has 0 saturated heterocycles. The van der Waals surface area contributed by atoms with Gasteiger partial charge in [-0.15, -0.1) is 0 Å². The summed E-state index contributed by atoms with van der Waals surface area (Å²) in [6, 6.07) is 0. The molecule has 0 fully saturated rings. The fourth-order valence-corrected chi connectivity index (χ4v) is 8.69. The number of unbranched alkanes of at least 4 members (excludes halogenated alkanes) is 38. The van der Waals surface area contributed by atoms with Gasteiger partial charge in [0.05, 0.1) is 0 Å². The van der Waals surface area contributed by atoms with E-state index < -0.39 is 6.10 Å². The van der Waals surface area contributed by atoms with E-state index in [-0.39, 0.29) is 31.1 Å². The maximum absolute atomic E-state index is 12.9. The lowest BCUT2D eigenvalue weighted by molar-refractivity contribution is -0.167. The Kier molecular flexibility index (Phi) is 54.8. The smallest absolute Gasteiger partial charge is 0.306 e. The van der Waals surface area contributed by atoms with Crippen molar-refractivity contribution in [2.24, 2.45) is 0 Å². The van der Waals surface area contributed by atoms with Crippen molar-refractivity contribution < 1.29 is 28.6 Å². The third kappa shape index (κ3) is 54.3. The van der Waals surface area contributed by atoms with Crippen LogP contribution in [0.4, 0.5) is 0 Å². The van der Waals surface area contributed by atoms with Crippen LogP contribution < -0.4 is 0 Å². The Morgan fingerprint density at radius 3 is 0.853 bits per heavy atom. The first kappa shape index (κ1) is 65.4. The average Bonchev–Trinajstić information content (AvgIpc) is 3.34. The molecule has 0 aromatic carbocycles. The molecule has 1 unspecified atom stereocenters. The lowest BCUT2D eigenvalue weighted by Crippen LogP contribution is -2.30. The highest BCUT2D eigenvalue weighted by Crippen LogP contribution is 2.17. The van der Waals surface area contributed by atoms with Gasteiger partial charge >= 0.3 is 17.9 Å². The summed E-state index contributed by atoms with van der Waals surface area (Å²) in [5.41, 5.74) is 0. The third-order valence-electron chi connectivity index (χ3n) is 13.2. The van der Waals surface area contributed by atoms with Crippen molar-refractivity contribution >= 4 is 17.9 Å². The maximum Gasteiger partial charge on any atom is 0.306 e. The van der Waals surface area contributed by atoms with Gasteiger partial charge in [0.2, 0.25) is 0 Å². The molecule has 68 heavy (non-hydrogen) atoms. The largest absolute Gasteiger partial charge is 0.462 e. The van der Waals surface area contributed by atoms with E-state index in [0.29, 0.717) is 19.3 Å². The van der Waals surface area contributed by atoms with Gasteiger partial charge in [0.15, 0.2) is 6.10 Å². The molecule has 0 aromatic heterocycles. The van der Waals surface area contributed by atoms with Crippen molar-refractivity contribution in [3.8, 4) is 0 Å². The van der Waals surface area contributed by atoms with Crippen molar-refractivity contribution in [2.45, 2.75) is 316 Å². The number of esters is 3. The second-order valence-corrected chi connectivity index (χ2v) is 20.0. The molecule has 0 N–H and O–H groups in total. The van der Waals surface area contributed by atoms with Crippen LogP contribution in [0, 0.1) is 0 Å². The summed E-state index contributed by atoms with van der Waals surface area (Å²) in [6.45, 7) is 6.63. The number of hydrogen-bond acceptors (Lipinski definition) is 6. The molecule has 6 nitrogen and oxygen atoms in total. The van der Waals surface area contributed by atoms with Gasteiger partial charge in [-0.1, -0.05) is 294 Å². The predicted octanol–water partition coefficient (Wildman–Crippen LogP) is 19.8. The molecule has 0 spiro atoms. The van der Waals surface area contributed by atoms with Gasteiger partial charge in [-0.3, -0.25) is 14.4 Å². The zero-order chi connectivity index (χ0) is 49.3. The molecule has 0 bridgehead atoms. The molecule has 6 heteroatoms. The second kappa shape index (κ2) is 57.0. The van der Waals surface area contributed by atoms with Crippen molar-refractivity contribution in [1.82, 2.24) is 0 Å². The van der Waals surface area contributed by atoms with Crippen LogP contribution in [0.5, 0.6) is 0 Å². The Balaban J connectivity index is 4.39. The molecule has 0 aliphatic carbocycles. The summed E-state index contributed by atoms with van der Waals surface area (Å²) in [5.74, 6) is -0.880. The average molecular weight is 954 g/mol. The Hall–Kier alpha value is -2.63. The highest BCUT2D eigenvalue weighted by Gasteiger charge is 2.19. The SMILES string of the molecule is CCCCC\C=C/C=C\C=C/C=C\CCCCCCCC(=O)OCC(COC(=O)CCCCCCCCCCCCCCCCCC)OC(=O)CCCCCCCCCCCCCCCCCC. The van der Waals surface area contributed by atoms with Crippen LogP contribution in [0.25, 0.3) is 0 Å². The summed E-state index contributed by atoms with van der Waals surface area (Å²) in [5, 5.41) is 0. The van der Waals surface area contributed by atoms with Gasteiger partial charge in [0.25, 0.3) is 0 Å². The van der Waals surface area contributed by atoms with Crippen LogP contribution in [-0.4, -0.2) is 37.2 Å². The fourth-order valence-electron chi connectivity index (χ4n) is 8.69. The summed E-state index contributed by atoms with van der Waals surface area (Å²) >= 11 is 0. The van der Waals surface area contributed by atoms with Crippen molar-refractivity contribution in [3.05, 3.63) is 48.6 Å². The minimum Gasteiger partial charge on any atom is -0.462 e. The number of hydrogen-bond donors (Lipinski definition) is 0. The molecule has 0 aliphatic heterocycles. The van der Waals surface area contributed by atoms with E-state index in [1.165, 1.54) is 186 Å². The molecule has 0 aliphatic rings. The lowest BCUT2D eigenvalue weighted by atomic mass is 10.0. The summed E-state index contributed by atoms with van der Waals surface area (Å²) in [4.78, 5) is 38.2. The number of carbonyl (C=O) groups excluding carboxylic acids is 3. The van der Waals surface area contributed by atoms with Gasteiger partial charge in [-0.25, -0.2) is 0 Å². The van der Waals surface area contributed by atoms with Crippen molar-refractivity contribution in [1.29, 1.82) is 0 Å². The van der Waals surface area contributed by atoms with E-state index in [2.05, 4.69) is 69.4 Å². The van der Waals surface area contributed by atoms with Crippen molar-refractivity contribution in [2.75, 3.05) is 13.2 Å². The monoisotopic (exact) mass is 953 g/mol. The Morgan fingerprint density at radius 1 is 0.294 bits per heavy atom. The summed E-state index contributed by atoms with van der Waals surface area (Å²) in [6.07, 6.45) is 69.5. The van der Waals surface area contributed by atoms with Gasteiger partial charge in [0.1, 0.15) is 13.2 Å². The topological polar surface area (TPSA) is 78.9 Å². The quantitative estimate of drug-likeness (QED) is 0.0262. The molecule has 0 rings (SSSR count). The number of rotatable bonds is 54. The Morgan fingerprint density at radius 2 is 0.529 bits per heavy atom. The van der Waals surface area contributed by atoms with Crippen LogP contribution in [0.1, 0.15) is 310 Å². The normalized spacial score (nSPS) is 12.3. The molecule has 0 aromatic rings. The van der Waals surface area contributed by atoms with E-state index in [0.717, 1.165) is 83.5 Å². The zero-order valence-electron chi connectivity index (χ0n) is 45.4. The molecular formula is C62H112O6. The van der Waals surface area contributed by atoms with Gasteiger partial charge in [-0.05, 0) is 44.9 Å². The highest BCUT2D eigenvalue weighted by molar-refractivity contribution is 5.71. The van der Waals surface area contributed by atoms with Crippen LogP contribution in [0.2, 0.25) is 0 Å². The van der Waals surface area contributed by atoms with Gasteiger partial charge < -0.3 is 14.2 Å². The number of allylic oxidation sites excluding steroid dienone is 8. The van der Waals surface area contributed by atoms with E-state index in [1.54, 1.807) is 0 Å². The van der Waals surface area contributed by atoms with Crippen LogP contribution in [0.3, 0.4) is 0 Å². The standard InChI is InChI=1S/C62H112O6/c1-4-7-10-13-16-19-22-25-28-31-32-35-37-40-43-46-49-52-55-61(64)67-58-59(68-62(65)56-53-50-47-44-41-38-34-30-27-24-21-18-15-12-9-6-3)57-66-60(63)54-51-48-45-42-39-36-33-29-26-23-20-17-14-11-8-5-2/h16,19,22,25,28,31-32,35,59H,4-15,17-18,20-21,23-24,26-27,29-30,33-34,36-58H2,1-3H3/b19-16-,25-22-,31-28-,35-32-. The van der Waals surface area contributed by atoms with Crippen LogP contribution in [-0.2, 0) is 28.6 Å². The van der Waals surface area contributed by atoms with Crippen molar-refractivity contribution in [3.63, 3.8) is 0 Å². The Labute approximate surface area is 422 Å². The number of carbonyl (C=O) groups is 3. The highest BCUT2D eigenvalue weighted by atomic mass is 16.6. The molecule has 396 valence electrons. The minimum absolute atomic E-state index is 0.0762. The molecule has 0 saturated carbocycles. The predicted molar refractivity (Wildman–Crippen MR) is 293 cm³/mol. The summed E-state index contributed by atoms with van der Waals surface area (Å²) in [7, 11) is 0. The molecule has 0 radical (unpaired) electrons. The van der Waals surface area contributed by atoms with Gasteiger partial charge in [-0.2, -0.15) is 0 Å². The van der Waals surface area contributed by atoms with E-state index in [1.807, 2.05) is 0 Å². The van der Waals surface area contributed by atoms with E-state index in [4.69, 9.17) is 14.2 Å². The number of ether oxygens (including phenoxy) is 3. The summed E-state index contributed by atoms with van der Waals surface area (Å²) < 4.78 is 16.9. The molecule has 0 heterocycles. The lowest BCUT2D eigenvalue weighted by Gasteiger charge is -2.18. The van der Waals surface area contributed by atoms with Gasteiger partial charge in [0, 0.05) is 19.3 Å². The first-order valence-electron chi connectivity index (χ1n) is 29.7. The Bertz CT molecular complexity index is 1190. The second-order valence-electron chi connectivity index (χ2n) is 20.0. The third-order valence-corrected chi connectivity index (χ3v) is 13.2. The minimum atomic E-state index is -0.779. The van der Waals surface area contributed by atoms with Crippen LogP contribution in [0.15, 0.2) is 48.6 Å². The molecular weight excluding hydrogens is 841 g/mol. The maximum atomic E-state index is 12.9. The fraction of sp³-hybridized carbons (Fsp3) is 0.823. The molecule has 1 atom stereocenters. The zero-order valence-corrected chi connectivity index (χ0v) is 45.4. The van der Waals surface area contributed by atoms with Crippen LogP contribution >= 0.6 is 0 Å². The van der Waals surface area contributed by atoms with E-state index in [9.17, 15) is 14.4 Å². The van der Waals surface area contributed by atoms with E-state index >= 15 is 0 Å². The molecule has 0 amide bonds. The first-order chi connectivity index (χ1) is 33.5.